The first-order valence-corrected chi connectivity index (χ1v) is 7.23. The Labute approximate surface area is 112 Å². The summed E-state index contributed by atoms with van der Waals surface area (Å²) < 4.78 is 0. The van der Waals surface area contributed by atoms with Crippen LogP contribution < -0.4 is 5.73 Å². The summed E-state index contributed by atoms with van der Waals surface area (Å²) >= 11 is 0. The number of hydrogen-bond donors (Lipinski definition) is 1. The second kappa shape index (κ2) is 7.62. The third kappa shape index (κ3) is 4.84. The molecule has 1 fully saturated rings. The number of nitrogens with two attached hydrogens (primary N) is 1. The summed E-state index contributed by atoms with van der Waals surface area (Å²) in [6.45, 7) is 7.84. The maximum absolute atomic E-state index is 5.88. The van der Waals surface area contributed by atoms with Gasteiger partial charge in [0.2, 0.25) is 0 Å². The Morgan fingerprint density at radius 3 is 2.17 bits per heavy atom. The van der Waals surface area contributed by atoms with Gasteiger partial charge in [0.15, 0.2) is 5.96 Å². The zero-order valence-corrected chi connectivity index (χ0v) is 12.5. The van der Waals surface area contributed by atoms with Gasteiger partial charge in [-0.3, -0.25) is 9.89 Å². The van der Waals surface area contributed by atoms with Crippen LogP contribution in [-0.2, 0) is 0 Å². The summed E-state index contributed by atoms with van der Waals surface area (Å²) in [4.78, 5) is 9.02. The topological polar surface area (TPSA) is 44.9 Å². The Bertz CT molecular complexity index is 253. The van der Waals surface area contributed by atoms with E-state index in [1.54, 1.807) is 0 Å². The van der Waals surface area contributed by atoms with Crippen molar-refractivity contribution in [2.75, 3.05) is 33.7 Å². The molecule has 0 spiro atoms. The van der Waals surface area contributed by atoms with Crippen molar-refractivity contribution in [3.8, 4) is 0 Å². The van der Waals surface area contributed by atoms with Gasteiger partial charge < -0.3 is 10.6 Å². The normalized spacial score (nSPS) is 20.8. The number of aliphatic imine (C=N–C) groups is 1. The smallest absolute Gasteiger partial charge is 0.190 e. The van der Waals surface area contributed by atoms with Crippen LogP contribution in [0.5, 0.6) is 0 Å². The molecule has 0 aromatic heterocycles. The van der Waals surface area contributed by atoms with Gasteiger partial charge in [0, 0.05) is 20.1 Å². The van der Waals surface area contributed by atoms with E-state index >= 15 is 0 Å². The third-order valence-corrected chi connectivity index (χ3v) is 3.78. The first kappa shape index (κ1) is 15.3. The van der Waals surface area contributed by atoms with E-state index in [0.29, 0.717) is 17.9 Å². The quantitative estimate of drug-likeness (QED) is 0.614. The van der Waals surface area contributed by atoms with E-state index in [1.165, 1.54) is 38.8 Å². The van der Waals surface area contributed by atoms with Gasteiger partial charge in [0.05, 0.1) is 6.54 Å². The van der Waals surface area contributed by atoms with Gasteiger partial charge in [-0.2, -0.15) is 0 Å². The van der Waals surface area contributed by atoms with Gasteiger partial charge in [0.1, 0.15) is 0 Å². The molecule has 18 heavy (non-hydrogen) atoms. The van der Waals surface area contributed by atoms with E-state index in [0.717, 1.165) is 6.54 Å². The molecule has 2 N–H and O–H groups in total. The molecule has 1 aliphatic rings. The van der Waals surface area contributed by atoms with Crippen LogP contribution in [0.4, 0.5) is 0 Å². The first-order valence-electron chi connectivity index (χ1n) is 7.23. The van der Waals surface area contributed by atoms with Crippen LogP contribution in [-0.4, -0.2) is 55.5 Å². The number of guanidine groups is 1. The number of likely N-dealkylation sites (tertiary alicyclic amines) is 1. The summed E-state index contributed by atoms with van der Waals surface area (Å²) in [5.41, 5.74) is 5.88. The average molecular weight is 254 g/mol. The van der Waals surface area contributed by atoms with Gasteiger partial charge in [-0.15, -0.1) is 0 Å². The van der Waals surface area contributed by atoms with E-state index in [2.05, 4.69) is 23.7 Å². The van der Waals surface area contributed by atoms with E-state index in [4.69, 9.17) is 5.73 Å². The molecule has 0 aromatic carbocycles. The maximum atomic E-state index is 5.88. The second-order valence-corrected chi connectivity index (χ2v) is 5.85. The van der Waals surface area contributed by atoms with Crippen LogP contribution in [0.1, 0.15) is 39.5 Å². The summed E-state index contributed by atoms with van der Waals surface area (Å²) in [7, 11) is 3.88. The van der Waals surface area contributed by atoms with Crippen molar-refractivity contribution in [2.45, 2.75) is 45.6 Å². The van der Waals surface area contributed by atoms with Crippen molar-refractivity contribution in [3.05, 3.63) is 0 Å². The largest absolute Gasteiger partial charge is 0.370 e. The zero-order chi connectivity index (χ0) is 13.5. The van der Waals surface area contributed by atoms with Crippen molar-refractivity contribution >= 4 is 5.96 Å². The highest BCUT2D eigenvalue weighted by Gasteiger charge is 2.22. The van der Waals surface area contributed by atoms with E-state index in [1.807, 2.05) is 19.0 Å². The molecule has 106 valence electrons. The molecule has 0 aliphatic carbocycles. The molecule has 0 bridgehead atoms. The van der Waals surface area contributed by atoms with Gasteiger partial charge in [0.25, 0.3) is 0 Å². The van der Waals surface area contributed by atoms with Crippen molar-refractivity contribution in [3.63, 3.8) is 0 Å². The summed E-state index contributed by atoms with van der Waals surface area (Å²) in [5.74, 6) is 1.26. The Hall–Kier alpha value is -0.770. The first-order chi connectivity index (χ1) is 8.52. The minimum absolute atomic E-state index is 0.529. The number of hydrogen-bond acceptors (Lipinski definition) is 2. The lowest BCUT2D eigenvalue weighted by molar-refractivity contribution is 0.166. The molecule has 1 rings (SSSR count). The van der Waals surface area contributed by atoms with Gasteiger partial charge in [-0.1, -0.05) is 26.7 Å². The molecular weight excluding hydrogens is 224 g/mol. The molecule has 1 saturated heterocycles. The number of nitrogens with zero attached hydrogens (tertiary/aromatic N) is 3. The van der Waals surface area contributed by atoms with Crippen molar-refractivity contribution in [2.24, 2.45) is 16.6 Å². The predicted molar refractivity (Wildman–Crippen MR) is 78.8 cm³/mol. The van der Waals surface area contributed by atoms with Crippen LogP contribution in [0, 0.1) is 5.92 Å². The minimum Gasteiger partial charge on any atom is -0.370 e. The maximum Gasteiger partial charge on any atom is 0.190 e. The van der Waals surface area contributed by atoms with Crippen LogP contribution in [0.3, 0.4) is 0 Å². The van der Waals surface area contributed by atoms with Gasteiger partial charge in [-0.05, 0) is 31.8 Å². The highest BCUT2D eigenvalue weighted by molar-refractivity contribution is 5.77. The standard InChI is InChI=1S/C14H30N4/c1-12(2)13(11-16-14(15)17(3)4)18-9-7-5-6-8-10-18/h12-13H,5-11H2,1-4H3,(H2,15,16)/t13-/m0/s1. The Kier molecular flexibility index (Phi) is 6.47. The van der Waals surface area contributed by atoms with Gasteiger partial charge in [-0.25, -0.2) is 0 Å². The lowest BCUT2D eigenvalue weighted by Crippen LogP contribution is -2.42. The lowest BCUT2D eigenvalue weighted by atomic mass is 10.0. The fourth-order valence-electron chi connectivity index (χ4n) is 2.50. The van der Waals surface area contributed by atoms with Crippen LogP contribution in [0.25, 0.3) is 0 Å². The lowest BCUT2D eigenvalue weighted by Gasteiger charge is -2.32. The van der Waals surface area contributed by atoms with Crippen molar-refractivity contribution in [1.82, 2.24) is 9.80 Å². The molecule has 4 heteroatoms. The van der Waals surface area contributed by atoms with Crippen LogP contribution in [0.2, 0.25) is 0 Å². The number of rotatable bonds is 4. The fourth-order valence-corrected chi connectivity index (χ4v) is 2.50. The summed E-state index contributed by atoms with van der Waals surface area (Å²) in [5, 5.41) is 0. The molecule has 1 aliphatic heterocycles. The fraction of sp³-hybridized carbons (Fsp3) is 0.929. The van der Waals surface area contributed by atoms with Gasteiger partial charge >= 0.3 is 0 Å². The molecule has 0 saturated carbocycles. The molecule has 1 atom stereocenters. The van der Waals surface area contributed by atoms with Crippen LogP contribution in [0.15, 0.2) is 4.99 Å². The molecular formula is C14H30N4. The molecule has 1 heterocycles. The zero-order valence-electron chi connectivity index (χ0n) is 12.5. The van der Waals surface area contributed by atoms with Crippen molar-refractivity contribution in [1.29, 1.82) is 0 Å². The molecule has 0 unspecified atom stereocenters. The van der Waals surface area contributed by atoms with E-state index in [-0.39, 0.29) is 0 Å². The summed E-state index contributed by atoms with van der Waals surface area (Å²) in [6, 6.07) is 0.529. The van der Waals surface area contributed by atoms with E-state index < -0.39 is 0 Å². The monoisotopic (exact) mass is 254 g/mol. The Morgan fingerprint density at radius 1 is 1.17 bits per heavy atom. The highest BCUT2D eigenvalue weighted by atomic mass is 15.2. The average Bonchev–Trinajstić information content (AvgIpc) is 2.57. The molecule has 0 aromatic rings. The molecule has 0 amide bonds. The van der Waals surface area contributed by atoms with E-state index in [9.17, 15) is 0 Å². The Balaban J connectivity index is 2.61. The van der Waals surface area contributed by atoms with Crippen molar-refractivity contribution < 1.29 is 0 Å². The van der Waals surface area contributed by atoms with Crippen LogP contribution >= 0.6 is 0 Å². The molecule has 4 nitrogen and oxygen atoms in total. The molecule has 0 radical (unpaired) electrons. The second-order valence-electron chi connectivity index (χ2n) is 5.85. The highest BCUT2D eigenvalue weighted by Crippen LogP contribution is 2.17. The Morgan fingerprint density at radius 2 is 1.72 bits per heavy atom. The SMILES string of the molecule is CC(C)[C@H](CN=C(N)N(C)C)N1CCCCCC1. The predicted octanol–water partition coefficient (Wildman–Crippen LogP) is 1.76. The summed E-state index contributed by atoms with van der Waals surface area (Å²) in [6.07, 6.45) is 5.42. The minimum atomic E-state index is 0.529. The third-order valence-electron chi connectivity index (χ3n) is 3.78.